The van der Waals surface area contributed by atoms with E-state index in [1.165, 1.54) is 27.6 Å². The van der Waals surface area contributed by atoms with Gasteiger partial charge in [0, 0.05) is 53.3 Å². The second-order valence-corrected chi connectivity index (χ2v) is 13.1. The molecule has 0 fully saturated rings. The Kier molecular flexibility index (Phi) is 5.35. The maximum absolute atomic E-state index is 9.07. The Balaban J connectivity index is 1.27. The van der Waals surface area contributed by atoms with Crippen LogP contribution in [-0.4, -0.2) is 19.5 Å². The maximum Gasteiger partial charge on any atom is 0.164 e. The van der Waals surface area contributed by atoms with Gasteiger partial charge in [-0.2, -0.15) is 0 Å². The number of rotatable bonds is 5. The summed E-state index contributed by atoms with van der Waals surface area (Å²) in [6.45, 7) is 0. The third-order valence-electron chi connectivity index (χ3n) is 8.97. The number of hydrogen-bond donors (Lipinski definition) is 0. The van der Waals surface area contributed by atoms with E-state index in [0.29, 0.717) is 28.7 Å². The third-order valence-corrected chi connectivity index (χ3v) is 10.1. The lowest BCUT2D eigenvalue weighted by Gasteiger charge is -2.14. The fourth-order valence-corrected chi connectivity index (χ4v) is 7.80. The van der Waals surface area contributed by atoms with Crippen LogP contribution in [0.4, 0.5) is 0 Å². The fraction of sp³-hybridized carbons (Fsp3) is 0. The van der Waals surface area contributed by atoms with Crippen LogP contribution >= 0.6 is 11.3 Å². The summed E-state index contributed by atoms with van der Waals surface area (Å²) in [6, 6.07) is 42.0. The molecule has 0 radical (unpaired) electrons. The standard InChI is InChI=1S/C45H28N4S/c1-3-13-29(14-4-1)32-25-33(27-34(26-32)49-39-20-10-7-17-35(39)36-18-8-11-21-40(36)49)45-47-43(30-15-5-2-6-16-30)46-44(48-45)31-23-24-38-37-19-9-12-22-41(37)50-42(38)28-31/h1-28H/i7D,8D,17D,18D,20D,21D. The topological polar surface area (TPSA) is 43.6 Å². The van der Waals surface area contributed by atoms with Crippen molar-refractivity contribution in [3.8, 4) is 51.0 Å². The normalized spacial score (nSPS) is 13.3. The molecule has 4 nitrogen and oxygen atoms in total. The van der Waals surface area contributed by atoms with Crippen LogP contribution in [0.15, 0.2) is 170 Å². The number of thiophene rings is 1. The molecule has 10 aromatic rings. The average Bonchev–Trinajstić information content (AvgIpc) is 3.80. The van der Waals surface area contributed by atoms with Gasteiger partial charge >= 0.3 is 0 Å². The van der Waals surface area contributed by atoms with Crippen molar-refractivity contribution < 1.29 is 8.22 Å². The monoisotopic (exact) mass is 662 g/mol. The highest BCUT2D eigenvalue weighted by atomic mass is 32.1. The van der Waals surface area contributed by atoms with Gasteiger partial charge in [-0.1, -0.05) is 127 Å². The molecule has 10 rings (SSSR count). The molecule has 0 amide bonds. The first-order valence-corrected chi connectivity index (χ1v) is 17.0. The Morgan fingerprint density at radius 3 is 1.72 bits per heavy atom. The lowest BCUT2D eigenvalue weighted by Crippen LogP contribution is -2.01. The summed E-state index contributed by atoms with van der Waals surface area (Å²) >= 11 is 1.72. The van der Waals surface area contributed by atoms with Crippen LogP contribution in [-0.2, 0) is 0 Å². The summed E-state index contributed by atoms with van der Waals surface area (Å²) < 4.78 is 56.9. The molecule has 3 aromatic heterocycles. The van der Waals surface area contributed by atoms with Gasteiger partial charge in [-0.15, -0.1) is 11.3 Å². The van der Waals surface area contributed by atoms with Crippen molar-refractivity contribution >= 4 is 53.3 Å². The van der Waals surface area contributed by atoms with Crippen LogP contribution < -0.4 is 0 Å². The zero-order valence-corrected chi connectivity index (χ0v) is 27.2. The van der Waals surface area contributed by atoms with E-state index in [4.69, 9.17) is 23.2 Å². The number of fused-ring (bicyclic) bond motifs is 6. The molecule has 0 aliphatic heterocycles. The van der Waals surface area contributed by atoms with Gasteiger partial charge in [0.1, 0.15) is 0 Å². The molecule has 0 atom stereocenters. The van der Waals surface area contributed by atoms with Crippen LogP contribution in [0.1, 0.15) is 8.22 Å². The number of para-hydroxylation sites is 2. The lowest BCUT2D eigenvalue weighted by atomic mass is 10.0. The van der Waals surface area contributed by atoms with Gasteiger partial charge in [-0.25, -0.2) is 15.0 Å². The van der Waals surface area contributed by atoms with Crippen LogP contribution in [0.25, 0.3) is 93.0 Å². The summed E-state index contributed by atoms with van der Waals surface area (Å²) in [5.74, 6) is 1.41. The Morgan fingerprint density at radius 1 is 0.420 bits per heavy atom. The maximum atomic E-state index is 9.07. The summed E-state index contributed by atoms with van der Waals surface area (Å²) in [5, 5.41) is 2.77. The zero-order valence-electron chi connectivity index (χ0n) is 32.4. The van der Waals surface area contributed by atoms with E-state index in [0.717, 1.165) is 27.0 Å². The zero-order chi connectivity index (χ0) is 38.2. The van der Waals surface area contributed by atoms with Gasteiger partial charge in [-0.05, 0) is 53.5 Å². The molecule has 50 heavy (non-hydrogen) atoms. The Labute approximate surface area is 301 Å². The van der Waals surface area contributed by atoms with E-state index in [2.05, 4.69) is 30.3 Å². The van der Waals surface area contributed by atoms with Gasteiger partial charge < -0.3 is 4.57 Å². The van der Waals surface area contributed by atoms with Gasteiger partial charge in [0.25, 0.3) is 0 Å². The summed E-state index contributed by atoms with van der Waals surface area (Å²) in [7, 11) is 0. The molecule has 0 aliphatic rings. The average molecular weight is 663 g/mol. The molecule has 0 bridgehead atoms. The van der Waals surface area contributed by atoms with Crippen molar-refractivity contribution in [1.29, 1.82) is 0 Å². The van der Waals surface area contributed by atoms with Crippen LogP contribution in [0.3, 0.4) is 0 Å². The summed E-state index contributed by atoms with van der Waals surface area (Å²) in [4.78, 5) is 15.2. The highest BCUT2D eigenvalue weighted by Gasteiger charge is 2.18. The quantitative estimate of drug-likeness (QED) is 0.184. The molecular weight excluding hydrogens is 629 g/mol. The van der Waals surface area contributed by atoms with Gasteiger partial charge in [0.05, 0.1) is 19.3 Å². The Morgan fingerprint density at radius 2 is 1.00 bits per heavy atom. The Bertz CT molecular complexity index is 3150. The number of hydrogen-bond acceptors (Lipinski definition) is 4. The van der Waals surface area contributed by atoms with Crippen LogP contribution in [0.2, 0.25) is 0 Å². The molecule has 7 aromatic carbocycles. The van der Waals surface area contributed by atoms with Crippen molar-refractivity contribution in [1.82, 2.24) is 19.5 Å². The van der Waals surface area contributed by atoms with Gasteiger partial charge in [-0.3, -0.25) is 0 Å². The smallest absolute Gasteiger partial charge is 0.164 e. The third kappa shape index (κ3) is 4.79. The molecule has 0 N–H and O–H groups in total. The molecule has 0 spiro atoms. The van der Waals surface area contributed by atoms with E-state index < -0.39 is 0 Å². The molecule has 0 saturated carbocycles. The minimum absolute atomic E-state index is 0.0281. The van der Waals surface area contributed by atoms with E-state index in [1.807, 2.05) is 91.0 Å². The molecular formula is C45H28N4S. The minimum atomic E-state index is -0.165. The van der Waals surface area contributed by atoms with Crippen LogP contribution in [0.5, 0.6) is 0 Å². The second kappa shape index (κ2) is 11.6. The number of benzene rings is 7. The SMILES string of the molecule is [2H]c1cc([2H])c2c(c1[2H])c1c([2H])c([2H])cc([2H])c1n2-c1cc(-c2ccccc2)cc(-c2nc(-c3ccccc3)nc(-c3ccc4c(c3)sc3ccccc34)n2)c1. The molecule has 234 valence electrons. The number of nitrogens with zero attached hydrogens (tertiary/aromatic N) is 4. The predicted octanol–water partition coefficient (Wildman–Crippen LogP) is 12.0. The first kappa shape index (κ1) is 23.0. The molecule has 5 heteroatoms. The van der Waals surface area contributed by atoms with Crippen molar-refractivity contribution in [3.05, 3.63) is 170 Å². The van der Waals surface area contributed by atoms with Crippen molar-refractivity contribution in [2.75, 3.05) is 0 Å². The molecule has 0 saturated heterocycles. The molecule has 3 heterocycles. The highest BCUT2D eigenvalue weighted by molar-refractivity contribution is 7.25. The molecule has 0 aliphatic carbocycles. The largest absolute Gasteiger partial charge is 0.309 e. The van der Waals surface area contributed by atoms with Crippen LogP contribution in [0, 0.1) is 0 Å². The highest BCUT2D eigenvalue weighted by Crippen LogP contribution is 2.38. The predicted molar refractivity (Wildman–Crippen MR) is 209 cm³/mol. The van der Waals surface area contributed by atoms with Crippen molar-refractivity contribution in [2.45, 2.75) is 0 Å². The Hall–Kier alpha value is -6.43. The molecule has 0 unspecified atom stereocenters. The lowest BCUT2D eigenvalue weighted by molar-refractivity contribution is 1.07. The van der Waals surface area contributed by atoms with Gasteiger partial charge in [0.2, 0.25) is 0 Å². The van der Waals surface area contributed by atoms with Crippen molar-refractivity contribution in [2.24, 2.45) is 0 Å². The number of aromatic nitrogens is 4. The second-order valence-electron chi connectivity index (χ2n) is 12.0. The minimum Gasteiger partial charge on any atom is -0.309 e. The van der Waals surface area contributed by atoms with E-state index in [1.54, 1.807) is 15.9 Å². The van der Waals surface area contributed by atoms with E-state index in [9.17, 15) is 0 Å². The first-order valence-electron chi connectivity index (χ1n) is 19.2. The van der Waals surface area contributed by atoms with Gasteiger partial charge in [0.15, 0.2) is 17.5 Å². The first-order chi connectivity index (χ1) is 27.2. The van der Waals surface area contributed by atoms with E-state index >= 15 is 0 Å². The summed E-state index contributed by atoms with van der Waals surface area (Å²) in [5.41, 5.74) is 5.14. The fourth-order valence-electron chi connectivity index (χ4n) is 6.65. The summed E-state index contributed by atoms with van der Waals surface area (Å²) in [6.07, 6.45) is 0. The van der Waals surface area contributed by atoms with E-state index in [-0.39, 0.29) is 58.1 Å². The van der Waals surface area contributed by atoms with Crippen molar-refractivity contribution in [3.63, 3.8) is 0 Å².